The Bertz CT molecular complexity index is 519. The molecule has 0 saturated carbocycles. The lowest BCUT2D eigenvalue weighted by Crippen LogP contribution is -1.92. The summed E-state index contributed by atoms with van der Waals surface area (Å²) in [5, 5.41) is 0. The summed E-state index contributed by atoms with van der Waals surface area (Å²) in [6.07, 6.45) is 0. The first-order chi connectivity index (χ1) is 8.65. The fraction of sp³-hybridized carbons (Fsp3) is 0.250. The van der Waals surface area contributed by atoms with Gasteiger partial charge in [0.1, 0.15) is 11.5 Å². The quantitative estimate of drug-likeness (QED) is 0.810. The third-order valence-electron chi connectivity index (χ3n) is 3.09. The van der Waals surface area contributed by atoms with E-state index in [0.717, 1.165) is 22.6 Å². The van der Waals surface area contributed by atoms with E-state index in [0.29, 0.717) is 0 Å². The van der Waals surface area contributed by atoms with Gasteiger partial charge in [-0.1, -0.05) is 12.1 Å². The lowest BCUT2D eigenvalue weighted by molar-refractivity contribution is 0.408. The molecule has 2 aromatic rings. The van der Waals surface area contributed by atoms with Gasteiger partial charge in [0.15, 0.2) is 0 Å². The van der Waals surface area contributed by atoms with Crippen molar-refractivity contribution in [3.05, 3.63) is 47.5 Å². The zero-order valence-electron chi connectivity index (χ0n) is 11.3. The number of rotatable bonds is 3. The fourth-order valence-electron chi connectivity index (χ4n) is 2.22. The molecule has 2 aromatic carbocycles. The summed E-state index contributed by atoms with van der Waals surface area (Å²) in [5.74, 6) is 1.84. The van der Waals surface area contributed by atoms with Gasteiger partial charge in [-0.3, -0.25) is 0 Å². The molecule has 0 unspecified atom stereocenters. The summed E-state index contributed by atoms with van der Waals surface area (Å²) in [6, 6.07) is 12.4. The van der Waals surface area contributed by atoms with Crippen LogP contribution >= 0.6 is 0 Å². The van der Waals surface area contributed by atoms with Gasteiger partial charge in [-0.15, -0.1) is 0 Å². The van der Waals surface area contributed by atoms with Crippen LogP contribution in [-0.2, 0) is 0 Å². The lowest BCUT2D eigenvalue weighted by Gasteiger charge is -2.11. The highest BCUT2D eigenvalue weighted by Gasteiger charge is 2.06. The Morgan fingerprint density at radius 3 is 1.72 bits per heavy atom. The van der Waals surface area contributed by atoms with E-state index in [1.54, 1.807) is 14.2 Å². The van der Waals surface area contributed by atoms with Crippen LogP contribution < -0.4 is 9.47 Å². The van der Waals surface area contributed by atoms with Gasteiger partial charge >= 0.3 is 0 Å². The van der Waals surface area contributed by atoms with E-state index in [1.165, 1.54) is 11.1 Å². The van der Waals surface area contributed by atoms with Crippen LogP contribution in [0, 0.1) is 13.8 Å². The zero-order chi connectivity index (χ0) is 13.1. The van der Waals surface area contributed by atoms with Crippen LogP contribution in [0.25, 0.3) is 11.1 Å². The number of hydrogen-bond donors (Lipinski definition) is 0. The molecule has 2 heteroatoms. The Hall–Kier alpha value is -1.96. The van der Waals surface area contributed by atoms with E-state index in [9.17, 15) is 0 Å². The number of aryl methyl sites for hydroxylation is 2. The summed E-state index contributed by atoms with van der Waals surface area (Å²) in [4.78, 5) is 0. The summed E-state index contributed by atoms with van der Waals surface area (Å²) in [7, 11) is 3.39. The largest absolute Gasteiger partial charge is 0.497 e. The molecule has 0 saturated heterocycles. The van der Waals surface area contributed by atoms with Crippen molar-refractivity contribution < 1.29 is 9.47 Å². The van der Waals surface area contributed by atoms with Gasteiger partial charge in [0, 0.05) is 0 Å². The van der Waals surface area contributed by atoms with Crippen LogP contribution in [0.2, 0.25) is 0 Å². The van der Waals surface area contributed by atoms with Crippen LogP contribution in [0.15, 0.2) is 36.4 Å². The van der Waals surface area contributed by atoms with Crippen molar-refractivity contribution in [1.82, 2.24) is 0 Å². The van der Waals surface area contributed by atoms with Crippen molar-refractivity contribution >= 4 is 0 Å². The smallest absolute Gasteiger partial charge is 0.124 e. The third kappa shape index (κ3) is 2.33. The molecule has 0 aromatic heterocycles. The molecule has 2 nitrogen and oxygen atoms in total. The predicted octanol–water partition coefficient (Wildman–Crippen LogP) is 3.99. The van der Waals surface area contributed by atoms with Gasteiger partial charge in [0.2, 0.25) is 0 Å². The molecule has 0 aliphatic rings. The van der Waals surface area contributed by atoms with Crippen LogP contribution in [-0.4, -0.2) is 14.2 Å². The van der Waals surface area contributed by atoms with Crippen LogP contribution in [0.1, 0.15) is 11.1 Å². The fourth-order valence-corrected chi connectivity index (χ4v) is 2.22. The first-order valence-electron chi connectivity index (χ1n) is 5.95. The molecule has 18 heavy (non-hydrogen) atoms. The molecule has 2 rings (SSSR count). The number of hydrogen-bond acceptors (Lipinski definition) is 2. The van der Waals surface area contributed by atoms with Crippen molar-refractivity contribution in [2.24, 2.45) is 0 Å². The lowest BCUT2D eigenvalue weighted by atomic mass is 10.00. The standard InChI is InChI=1S/C16H18O2/c1-11-9-14(10-12(2)16(11)18-4)13-5-7-15(17-3)8-6-13/h5-10H,1-4H3. The minimum Gasteiger partial charge on any atom is -0.497 e. The van der Waals surface area contributed by atoms with Crippen LogP contribution in [0.4, 0.5) is 0 Å². The second-order valence-electron chi connectivity index (χ2n) is 4.37. The van der Waals surface area contributed by atoms with E-state index in [-0.39, 0.29) is 0 Å². The first kappa shape index (κ1) is 12.5. The highest BCUT2D eigenvalue weighted by atomic mass is 16.5. The molecule has 0 bridgehead atoms. The summed E-state index contributed by atoms with van der Waals surface area (Å²) in [6.45, 7) is 4.14. The Morgan fingerprint density at radius 2 is 1.28 bits per heavy atom. The van der Waals surface area contributed by atoms with Gasteiger partial charge < -0.3 is 9.47 Å². The van der Waals surface area contributed by atoms with Gasteiger partial charge in [-0.25, -0.2) is 0 Å². The van der Waals surface area contributed by atoms with E-state index in [1.807, 2.05) is 12.1 Å². The molecule has 0 aliphatic carbocycles. The zero-order valence-corrected chi connectivity index (χ0v) is 11.3. The Labute approximate surface area is 108 Å². The second-order valence-corrected chi connectivity index (χ2v) is 4.37. The molecule has 94 valence electrons. The van der Waals surface area contributed by atoms with Gasteiger partial charge in [0.25, 0.3) is 0 Å². The molecule has 0 aliphatic heterocycles. The van der Waals surface area contributed by atoms with Crippen molar-refractivity contribution in [1.29, 1.82) is 0 Å². The third-order valence-corrected chi connectivity index (χ3v) is 3.09. The Kier molecular flexibility index (Phi) is 3.56. The molecule has 0 radical (unpaired) electrons. The average Bonchev–Trinajstić information content (AvgIpc) is 2.38. The molecule has 0 N–H and O–H groups in total. The molecular weight excluding hydrogens is 224 g/mol. The molecule has 0 heterocycles. The van der Waals surface area contributed by atoms with E-state index in [2.05, 4.69) is 38.1 Å². The monoisotopic (exact) mass is 242 g/mol. The first-order valence-corrected chi connectivity index (χ1v) is 5.95. The highest BCUT2D eigenvalue weighted by Crippen LogP contribution is 2.30. The van der Waals surface area contributed by atoms with E-state index >= 15 is 0 Å². The van der Waals surface area contributed by atoms with E-state index < -0.39 is 0 Å². The minimum absolute atomic E-state index is 0.876. The second kappa shape index (κ2) is 5.13. The minimum atomic E-state index is 0.876. The molecule has 0 amide bonds. The van der Waals surface area contributed by atoms with Gasteiger partial charge in [0.05, 0.1) is 14.2 Å². The van der Waals surface area contributed by atoms with Crippen LogP contribution in [0.3, 0.4) is 0 Å². The van der Waals surface area contributed by atoms with E-state index in [4.69, 9.17) is 9.47 Å². The Balaban J connectivity index is 2.44. The highest BCUT2D eigenvalue weighted by molar-refractivity contribution is 5.67. The maximum atomic E-state index is 5.38. The summed E-state index contributed by atoms with van der Waals surface area (Å²) >= 11 is 0. The van der Waals surface area contributed by atoms with Crippen molar-refractivity contribution in [3.63, 3.8) is 0 Å². The maximum Gasteiger partial charge on any atom is 0.124 e. The van der Waals surface area contributed by atoms with Crippen molar-refractivity contribution in [3.8, 4) is 22.6 Å². The number of benzene rings is 2. The molecule has 0 fully saturated rings. The molecule has 0 atom stereocenters. The SMILES string of the molecule is COc1ccc(-c2cc(C)c(OC)c(C)c2)cc1. The molecular formula is C16H18O2. The summed E-state index contributed by atoms with van der Waals surface area (Å²) < 4.78 is 10.6. The predicted molar refractivity (Wildman–Crippen MR) is 74.5 cm³/mol. The van der Waals surface area contributed by atoms with Crippen molar-refractivity contribution in [2.45, 2.75) is 13.8 Å². The topological polar surface area (TPSA) is 18.5 Å². The van der Waals surface area contributed by atoms with Crippen molar-refractivity contribution in [2.75, 3.05) is 14.2 Å². The van der Waals surface area contributed by atoms with Crippen LogP contribution in [0.5, 0.6) is 11.5 Å². The Morgan fingerprint density at radius 1 is 0.722 bits per heavy atom. The molecule has 0 spiro atoms. The van der Waals surface area contributed by atoms with Gasteiger partial charge in [-0.05, 0) is 60.4 Å². The normalized spacial score (nSPS) is 10.2. The number of methoxy groups -OCH3 is 2. The average molecular weight is 242 g/mol. The maximum absolute atomic E-state index is 5.38. The van der Waals surface area contributed by atoms with Gasteiger partial charge in [-0.2, -0.15) is 0 Å². The number of ether oxygens (including phenoxy) is 2. The summed E-state index contributed by atoms with van der Waals surface area (Å²) in [5.41, 5.74) is 4.70.